The van der Waals surface area contributed by atoms with E-state index in [0.29, 0.717) is 30.7 Å². The molecule has 2 N–H and O–H groups in total. The van der Waals surface area contributed by atoms with Gasteiger partial charge in [-0.3, -0.25) is 4.79 Å². The van der Waals surface area contributed by atoms with E-state index in [9.17, 15) is 4.79 Å². The number of rotatable bonds is 7. The molecule has 0 unspecified atom stereocenters. The summed E-state index contributed by atoms with van der Waals surface area (Å²) < 4.78 is 5.28. The van der Waals surface area contributed by atoms with E-state index in [1.807, 2.05) is 6.92 Å². The molecular formula is C12H21N5O2. The SMILES string of the molecule is CCOCc1nc(NC)cc(NCC(=O)N(C)C)n1. The van der Waals surface area contributed by atoms with Crippen LogP contribution in [0.4, 0.5) is 11.6 Å². The second-order valence-corrected chi connectivity index (χ2v) is 4.08. The van der Waals surface area contributed by atoms with Gasteiger partial charge >= 0.3 is 0 Å². The first kappa shape index (κ1) is 15.2. The van der Waals surface area contributed by atoms with E-state index in [4.69, 9.17) is 4.74 Å². The van der Waals surface area contributed by atoms with Gasteiger partial charge in [-0.05, 0) is 6.92 Å². The highest BCUT2D eigenvalue weighted by atomic mass is 16.5. The quantitative estimate of drug-likeness (QED) is 0.751. The second-order valence-electron chi connectivity index (χ2n) is 4.08. The molecule has 1 aromatic rings. The average molecular weight is 267 g/mol. The lowest BCUT2D eigenvalue weighted by molar-refractivity contribution is -0.126. The highest BCUT2D eigenvalue weighted by Gasteiger charge is 2.07. The molecule has 0 saturated carbocycles. The van der Waals surface area contributed by atoms with Crippen LogP contribution >= 0.6 is 0 Å². The number of hydrogen-bond acceptors (Lipinski definition) is 6. The molecular weight excluding hydrogens is 246 g/mol. The number of aromatic nitrogens is 2. The molecule has 106 valence electrons. The van der Waals surface area contributed by atoms with Crippen molar-refractivity contribution in [1.82, 2.24) is 14.9 Å². The van der Waals surface area contributed by atoms with Gasteiger partial charge in [0.1, 0.15) is 18.2 Å². The summed E-state index contributed by atoms with van der Waals surface area (Å²) in [4.78, 5) is 21.6. The van der Waals surface area contributed by atoms with E-state index in [2.05, 4.69) is 20.6 Å². The van der Waals surface area contributed by atoms with Gasteiger partial charge in [-0.1, -0.05) is 0 Å². The normalized spacial score (nSPS) is 10.1. The topological polar surface area (TPSA) is 79.4 Å². The first-order valence-electron chi connectivity index (χ1n) is 6.14. The predicted molar refractivity (Wildman–Crippen MR) is 74.1 cm³/mol. The van der Waals surface area contributed by atoms with Crippen LogP contribution in [-0.4, -0.2) is 55.1 Å². The van der Waals surface area contributed by atoms with Gasteiger partial charge in [-0.2, -0.15) is 0 Å². The maximum absolute atomic E-state index is 11.5. The molecule has 0 aliphatic rings. The Kier molecular flexibility index (Phi) is 6.01. The van der Waals surface area contributed by atoms with E-state index >= 15 is 0 Å². The number of likely N-dealkylation sites (N-methyl/N-ethyl adjacent to an activating group) is 1. The van der Waals surface area contributed by atoms with Crippen molar-refractivity contribution in [3.05, 3.63) is 11.9 Å². The fourth-order valence-electron chi connectivity index (χ4n) is 1.30. The van der Waals surface area contributed by atoms with E-state index in [-0.39, 0.29) is 12.5 Å². The zero-order chi connectivity index (χ0) is 14.3. The van der Waals surface area contributed by atoms with Gasteiger partial charge in [0.05, 0.1) is 6.54 Å². The van der Waals surface area contributed by atoms with Crippen LogP contribution < -0.4 is 10.6 Å². The van der Waals surface area contributed by atoms with Crippen molar-refractivity contribution in [1.29, 1.82) is 0 Å². The smallest absolute Gasteiger partial charge is 0.241 e. The van der Waals surface area contributed by atoms with Crippen molar-refractivity contribution < 1.29 is 9.53 Å². The van der Waals surface area contributed by atoms with Crippen LogP contribution in [0.1, 0.15) is 12.7 Å². The summed E-state index contributed by atoms with van der Waals surface area (Å²) in [5.74, 6) is 1.85. The molecule has 7 heteroatoms. The summed E-state index contributed by atoms with van der Waals surface area (Å²) in [7, 11) is 5.20. The van der Waals surface area contributed by atoms with Gasteiger partial charge in [0.25, 0.3) is 0 Å². The highest BCUT2D eigenvalue weighted by Crippen LogP contribution is 2.11. The maximum atomic E-state index is 11.5. The van der Waals surface area contributed by atoms with Crippen molar-refractivity contribution in [2.45, 2.75) is 13.5 Å². The molecule has 1 amide bonds. The number of ether oxygens (including phenoxy) is 1. The molecule has 0 aliphatic heterocycles. The van der Waals surface area contributed by atoms with Gasteiger partial charge < -0.3 is 20.3 Å². The van der Waals surface area contributed by atoms with E-state index in [0.717, 1.165) is 0 Å². The Labute approximate surface area is 113 Å². The lowest BCUT2D eigenvalue weighted by Gasteiger charge is -2.12. The number of carbonyl (C=O) groups is 1. The third-order valence-corrected chi connectivity index (χ3v) is 2.38. The zero-order valence-electron chi connectivity index (χ0n) is 11.9. The van der Waals surface area contributed by atoms with Crippen LogP contribution in [0.2, 0.25) is 0 Å². The van der Waals surface area contributed by atoms with Crippen LogP contribution in [0, 0.1) is 0 Å². The minimum atomic E-state index is -0.0176. The third kappa shape index (κ3) is 5.09. The molecule has 7 nitrogen and oxygen atoms in total. The Morgan fingerprint density at radius 2 is 2.05 bits per heavy atom. The van der Waals surface area contributed by atoms with E-state index in [1.54, 1.807) is 27.2 Å². The fraction of sp³-hybridized carbons (Fsp3) is 0.583. The molecule has 0 saturated heterocycles. The Morgan fingerprint density at radius 3 is 2.63 bits per heavy atom. The van der Waals surface area contributed by atoms with Crippen molar-refractivity contribution >= 4 is 17.5 Å². The van der Waals surface area contributed by atoms with E-state index in [1.165, 1.54) is 4.90 Å². The average Bonchev–Trinajstić information content (AvgIpc) is 2.42. The second kappa shape index (κ2) is 7.52. The number of amides is 1. The van der Waals surface area contributed by atoms with Crippen LogP contribution in [0.25, 0.3) is 0 Å². The summed E-state index contributed by atoms with van der Waals surface area (Å²) in [6, 6.07) is 1.75. The summed E-state index contributed by atoms with van der Waals surface area (Å²) in [5, 5.41) is 5.93. The number of nitrogens with zero attached hydrogens (tertiary/aromatic N) is 3. The Hall–Kier alpha value is -1.89. The van der Waals surface area contributed by atoms with E-state index < -0.39 is 0 Å². The van der Waals surface area contributed by atoms with Crippen LogP contribution in [-0.2, 0) is 16.1 Å². The number of hydrogen-bond donors (Lipinski definition) is 2. The predicted octanol–water partition coefficient (Wildman–Crippen LogP) is 0.555. The molecule has 0 spiro atoms. The Balaban J connectivity index is 2.73. The van der Waals surface area contributed by atoms with Crippen molar-refractivity contribution in [2.75, 3.05) is 44.9 Å². The largest absolute Gasteiger partial charge is 0.374 e. The molecule has 0 aromatic carbocycles. The number of anilines is 2. The zero-order valence-corrected chi connectivity index (χ0v) is 11.9. The van der Waals surface area contributed by atoms with Crippen molar-refractivity contribution in [2.24, 2.45) is 0 Å². The Bertz CT molecular complexity index is 423. The summed E-state index contributed by atoms with van der Waals surface area (Å²) >= 11 is 0. The van der Waals surface area contributed by atoms with Crippen LogP contribution in [0.5, 0.6) is 0 Å². The molecule has 0 radical (unpaired) electrons. The third-order valence-electron chi connectivity index (χ3n) is 2.38. The monoisotopic (exact) mass is 267 g/mol. The molecule has 1 heterocycles. The first-order chi connectivity index (χ1) is 9.06. The fourth-order valence-corrected chi connectivity index (χ4v) is 1.30. The number of nitrogens with one attached hydrogen (secondary N) is 2. The number of carbonyl (C=O) groups excluding carboxylic acids is 1. The summed E-state index contributed by atoms with van der Waals surface area (Å²) in [6.45, 7) is 3.06. The van der Waals surface area contributed by atoms with Crippen LogP contribution in [0.3, 0.4) is 0 Å². The van der Waals surface area contributed by atoms with Gasteiger partial charge in [0.15, 0.2) is 5.82 Å². The molecule has 0 atom stereocenters. The minimum absolute atomic E-state index is 0.0176. The highest BCUT2D eigenvalue weighted by molar-refractivity contribution is 5.80. The summed E-state index contributed by atoms with van der Waals surface area (Å²) in [6.07, 6.45) is 0. The van der Waals surface area contributed by atoms with Gasteiger partial charge in [0.2, 0.25) is 5.91 Å². The molecule has 0 aliphatic carbocycles. The maximum Gasteiger partial charge on any atom is 0.241 e. The minimum Gasteiger partial charge on any atom is -0.374 e. The molecule has 19 heavy (non-hydrogen) atoms. The van der Waals surface area contributed by atoms with Crippen molar-refractivity contribution in [3.8, 4) is 0 Å². The first-order valence-corrected chi connectivity index (χ1v) is 6.14. The lowest BCUT2D eigenvalue weighted by atomic mass is 10.4. The standard InChI is InChI=1S/C12H21N5O2/c1-5-19-8-11-15-9(13-2)6-10(16-11)14-7-12(18)17(3)4/h6H,5,7-8H2,1-4H3,(H2,13,14,15,16). The van der Waals surface area contributed by atoms with Gasteiger partial charge in [-0.25, -0.2) is 9.97 Å². The molecule has 1 rings (SSSR count). The Morgan fingerprint density at radius 1 is 1.37 bits per heavy atom. The lowest BCUT2D eigenvalue weighted by Crippen LogP contribution is -2.29. The van der Waals surface area contributed by atoms with Gasteiger partial charge in [0, 0.05) is 33.8 Å². The molecule has 0 bridgehead atoms. The van der Waals surface area contributed by atoms with Gasteiger partial charge in [-0.15, -0.1) is 0 Å². The molecule has 1 aromatic heterocycles. The van der Waals surface area contributed by atoms with Crippen molar-refractivity contribution in [3.63, 3.8) is 0 Å². The molecule has 0 fully saturated rings. The van der Waals surface area contributed by atoms with Crippen LogP contribution in [0.15, 0.2) is 6.07 Å². The summed E-state index contributed by atoms with van der Waals surface area (Å²) in [5.41, 5.74) is 0.